The van der Waals surface area contributed by atoms with Crippen molar-refractivity contribution in [2.45, 2.75) is 6.54 Å². The van der Waals surface area contributed by atoms with Gasteiger partial charge in [-0.3, -0.25) is 4.79 Å². The smallest absolute Gasteiger partial charge is 0.238 e. The fraction of sp³-hybridized carbons (Fsp3) is 0.133. The third kappa shape index (κ3) is 4.90. The Kier molecular flexibility index (Phi) is 5.88. The van der Waals surface area contributed by atoms with Gasteiger partial charge in [0.1, 0.15) is 0 Å². The molecule has 2 N–H and O–H groups in total. The zero-order valence-electron chi connectivity index (χ0n) is 11.0. The van der Waals surface area contributed by atoms with Gasteiger partial charge in [-0.2, -0.15) is 0 Å². The van der Waals surface area contributed by atoms with Gasteiger partial charge in [0.15, 0.2) is 0 Å². The first kappa shape index (κ1) is 16.1. The van der Waals surface area contributed by atoms with Gasteiger partial charge < -0.3 is 10.6 Å². The number of nitrogens with one attached hydrogen (secondary N) is 2. The van der Waals surface area contributed by atoms with Crippen LogP contribution in [0.4, 0.5) is 5.69 Å². The van der Waals surface area contributed by atoms with Gasteiger partial charge >= 0.3 is 0 Å². The SMILES string of the molecule is O=C(CNCc1ccc(Cl)cc1)Nc1c(Cl)cccc1Cl. The minimum atomic E-state index is -0.209. The maximum atomic E-state index is 11.8. The Balaban J connectivity index is 1.84. The van der Waals surface area contributed by atoms with E-state index < -0.39 is 0 Å². The molecule has 0 heterocycles. The number of carbonyl (C=O) groups excluding carboxylic acids is 1. The molecular weight excluding hydrogens is 331 g/mol. The maximum absolute atomic E-state index is 11.8. The molecule has 6 heteroatoms. The highest BCUT2D eigenvalue weighted by atomic mass is 35.5. The van der Waals surface area contributed by atoms with Crippen LogP contribution in [-0.4, -0.2) is 12.5 Å². The third-order valence-electron chi connectivity index (χ3n) is 2.76. The molecule has 2 aromatic carbocycles. The van der Waals surface area contributed by atoms with E-state index in [1.54, 1.807) is 18.2 Å². The van der Waals surface area contributed by atoms with Crippen molar-refractivity contribution < 1.29 is 4.79 Å². The highest BCUT2D eigenvalue weighted by Gasteiger charge is 2.09. The van der Waals surface area contributed by atoms with E-state index in [-0.39, 0.29) is 12.5 Å². The van der Waals surface area contributed by atoms with E-state index in [4.69, 9.17) is 34.8 Å². The van der Waals surface area contributed by atoms with Crippen LogP contribution in [0.1, 0.15) is 5.56 Å². The maximum Gasteiger partial charge on any atom is 0.238 e. The van der Waals surface area contributed by atoms with E-state index in [0.29, 0.717) is 27.3 Å². The molecule has 0 unspecified atom stereocenters. The normalized spacial score (nSPS) is 10.4. The van der Waals surface area contributed by atoms with E-state index in [1.807, 2.05) is 24.3 Å². The molecule has 21 heavy (non-hydrogen) atoms. The van der Waals surface area contributed by atoms with Gasteiger partial charge in [-0.15, -0.1) is 0 Å². The zero-order chi connectivity index (χ0) is 15.2. The van der Waals surface area contributed by atoms with Gasteiger partial charge in [-0.25, -0.2) is 0 Å². The van der Waals surface area contributed by atoms with E-state index >= 15 is 0 Å². The Labute approximate surface area is 138 Å². The summed E-state index contributed by atoms with van der Waals surface area (Å²) < 4.78 is 0. The molecule has 3 nitrogen and oxygen atoms in total. The molecule has 0 saturated heterocycles. The minimum absolute atomic E-state index is 0.157. The first-order valence-electron chi connectivity index (χ1n) is 6.25. The van der Waals surface area contributed by atoms with Crippen LogP contribution in [0.5, 0.6) is 0 Å². The first-order valence-corrected chi connectivity index (χ1v) is 7.38. The predicted molar refractivity (Wildman–Crippen MR) is 88.3 cm³/mol. The number of carbonyl (C=O) groups is 1. The summed E-state index contributed by atoms with van der Waals surface area (Å²) in [5.41, 5.74) is 1.47. The number of anilines is 1. The number of benzene rings is 2. The lowest BCUT2D eigenvalue weighted by Crippen LogP contribution is -2.27. The van der Waals surface area contributed by atoms with Crippen molar-refractivity contribution in [3.8, 4) is 0 Å². The Bertz CT molecular complexity index is 609. The lowest BCUT2D eigenvalue weighted by atomic mass is 10.2. The lowest BCUT2D eigenvalue weighted by molar-refractivity contribution is -0.115. The lowest BCUT2D eigenvalue weighted by Gasteiger charge is -2.10. The first-order chi connectivity index (χ1) is 10.1. The second-order valence-electron chi connectivity index (χ2n) is 4.37. The molecule has 2 aromatic rings. The van der Waals surface area contributed by atoms with Crippen molar-refractivity contribution in [3.63, 3.8) is 0 Å². The Hall–Kier alpha value is -1.26. The van der Waals surface area contributed by atoms with E-state index in [1.165, 1.54) is 0 Å². The van der Waals surface area contributed by atoms with E-state index in [9.17, 15) is 4.79 Å². The number of para-hydroxylation sites is 1. The Morgan fingerprint density at radius 1 is 0.952 bits per heavy atom. The average Bonchev–Trinajstić information content (AvgIpc) is 2.45. The summed E-state index contributed by atoms with van der Waals surface area (Å²) in [7, 11) is 0. The number of rotatable bonds is 5. The molecule has 1 amide bonds. The van der Waals surface area contributed by atoms with Crippen molar-refractivity contribution in [1.29, 1.82) is 0 Å². The van der Waals surface area contributed by atoms with Crippen LogP contribution < -0.4 is 10.6 Å². The molecular formula is C15H13Cl3N2O. The largest absolute Gasteiger partial charge is 0.322 e. The molecule has 2 rings (SSSR count). The summed E-state index contributed by atoms with van der Waals surface area (Å²) in [6.07, 6.45) is 0. The second-order valence-corrected chi connectivity index (χ2v) is 5.63. The van der Waals surface area contributed by atoms with Crippen molar-refractivity contribution in [1.82, 2.24) is 5.32 Å². The molecule has 0 atom stereocenters. The van der Waals surface area contributed by atoms with Crippen molar-refractivity contribution in [2.24, 2.45) is 0 Å². The standard InChI is InChI=1S/C15H13Cl3N2O/c16-11-6-4-10(5-7-11)8-19-9-14(21)20-15-12(17)2-1-3-13(15)18/h1-7,19H,8-9H2,(H,20,21). The Morgan fingerprint density at radius 3 is 2.19 bits per heavy atom. The van der Waals surface area contributed by atoms with Gasteiger partial charge in [-0.1, -0.05) is 53.0 Å². The Morgan fingerprint density at radius 2 is 1.57 bits per heavy atom. The van der Waals surface area contributed by atoms with Crippen LogP contribution in [0.25, 0.3) is 0 Å². The van der Waals surface area contributed by atoms with Crippen LogP contribution in [-0.2, 0) is 11.3 Å². The van der Waals surface area contributed by atoms with Crippen LogP contribution in [0.2, 0.25) is 15.1 Å². The molecule has 110 valence electrons. The fourth-order valence-corrected chi connectivity index (χ4v) is 2.34. The van der Waals surface area contributed by atoms with E-state index in [2.05, 4.69) is 10.6 Å². The quantitative estimate of drug-likeness (QED) is 0.846. The van der Waals surface area contributed by atoms with Gasteiger partial charge in [0.2, 0.25) is 5.91 Å². The van der Waals surface area contributed by atoms with Crippen molar-refractivity contribution in [2.75, 3.05) is 11.9 Å². The molecule has 0 aliphatic heterocycles. The molecule has 0 saturated carbocycles. The fourth-order valence-electron chi connectivity index (χ4n) is 1.72. The molecule has 0 bridgehead atoms. The number of halogens is 3. The van der Waals surface area contributed by atoms with Gasteiger partial charge in [0.05, 0.1) is 22.3 Å². The monoisotopic (exact) mass is 342 g/mol. The topological polar surface area (TPSA) is 41.1 Å². The number of amides is 1. The highest BCUT2D eigenvalue weighted by Crippen LogP contribution is 2.29. The van der Waals surface area contributed by atoms with Gasteiger partial charge in [0.25, 0.3) is 0 Å². The van der Waals surface area contributed by atoms with E-state index in [0.717, 1.165) is 5.56 Å². The summed E-state index contributed by atoms with van der Waals surface area (Å²) in [6, 6.07) is 12.5. The van der Waals surface area contributed by atoms with Crippen LogP contribution in [0.3, 0.4) is 0 Å². The van der Waals surface area contributed by atoms with Crippen molar-refractivity contribution in [3.05, 3.63) is 63.1 Å². The van der Waals surface area contributed by atoms with Gasteiger partial charge in [-0.05, 0) is 29.8 Å². The summed E-state index contributed by atoms with van der Waals surface area (Å²) in [4.78, 5) is 11.8. The molecule has 0 aliphatic rings. The minimum Gasteiger partial charge on any atom is -0.322 e. The predicted octanol–water partition coefficient (Wildman–Crippen LogP) is 4.38. The molecule has 0 spiro atoms. The van der Waals surface area contributed by atoms with Crippen LogP contribution >= 0.6 is 34.8 Å². The second kappa shape index (κ2) is 7.66. The molecule has 0 aromatic heterocycles. The summed E-state index contributed by atoms with van der Waals surface area (Å²) >= 11 is 17.8. The molecule has 0 aliphatic carbocycles. The summed E-state index contributed by atoms with van der Waals surface area (Å²) in [5.74, 6) is -0.209. The number of hydrogen-bond acceptors (Lipinski definition) is 2. The van der Waals surface area contributed by atoms with Crippen molar-refractivity contribution >= 4 is 46.4 Å². The average molecular weight is 344 g/mol. The number of hydrogen-bond donors (Lipinski definition) is 2. The summed E-state index contributed by atoms with van der Waals surface area (Å²) in [6.45, 7) is 0.727. The highest BCUT2D eigenvalue weighted by molar-refractivity contribution is 6.39. The molecule has 0 fully saturated rings. The van der Waals surface area contributed by atoms with Gasteiger partial charge in [0, 0.05) is 11.6 Å². The summed E-state index contributed by atoms with van der Waals surface area (Å²) in [5, 5.41) is 7.23. The van der Waals surface area contributed by atoms with Crippen LogP contribution in [0, 0.1) is 0 Å². The van der Waals surface area contributed by atoms with Crippen LogP contribution in [0.15, 0.2) is 42.5 Å². The zero-order valence-corrected chi connectivity index (χ0v) is 13.3. The third-order valence-corrected chi connectivity index (χ3v) is 3.64. The molecule has 0 radical (unpaired) electrons.